The van der Waals surface area contributed by atoms with E-state index in [1.807, 2.05) is 20.2 Å². The number of aromatic nitrogens is 3. The Hall–Kier alpha value is -1.73. The first-order valence-electron chi connectivity index (χ1n) is 6.51. The van der Waals surface area contributed by atoms with E-state index in [1.54, 1.807) is 17.1 Å². The number of aryl methyl sites for hydroxylation is 1. The number of thiazole rings is 1. The Morgan fingerprint density at radius 3 is 3.00 bits per heavy atom. The Labute approximate surface area is 121 Å². The molecular weight excluding hydrogens is 276 g/mol. The van der Waals surface area contributed by atoms with E-state index in [0.29, 0.717) is 24.3 Å². The Morgan fingerprint density at radius 1 is 1.55 bits per heavy atom. The van der Waals surface area contributed by atoms with Gasteiger partial charge in [-0.1, -0.05) is 6.92 Å². The lowest BCUT2D eigenvalue weighted by Crippen LogP contribution is -2.26. The van der Waals surface area contributed by atoms with Crippen molar-refractivity contribution in [2.45, 2.75) is 25.9 Å². The van der Waals surface area contributed by atoms with Crippen LogP contribution in [-0.2, 0) is 7.05 Å². The quantitative estimate of drug-likeness (QED) is 0.844. The summed E-state index contributed by atoms with van der Waals surface area (Å²) in [4.78, 5) is 16.7. The Bertz CT molecular complexity index is 578. The minimum absolute atomic E-state index is 0.152. The molecule has 7 heteroatoms. The molecule has 0 aliphatic carbocycles. The first-order valence-corrected chi connectivity index (χ1v) is 7.33. The summed E-state index contributed by atoms with van der Waals surface area (Å²) in [7, 11) is 1.84. The van der Waals surface area contributed by atoms with Gasteiger partial charge in [0.25, 0.3) is 5.91 Å². The van der Waals surface area contributed by atoms with Crippen LogP contribution in [0.4, 0.5) is 0 Å². The van der Waals surface area contributed by atoms with Crippen LogP contribution in [0.1, 0.15) is 29.4 Å². The van der Waals surface area contributed by atoms with Crippen molar-refractivity contribution in [1.82, 2.24) is 20.1 Å². The predicted molar refractivity (Wildman–Crippen MR) is 77.6 cm³/mol. The average molecular weight is 294 g/mol. The van der Waals surface area contributed by atoms with Crippen molar-refractivity contribution in [3.05, 3.63) is 23.5 Å². The van der Waals surface area contributed by atoms with Crippen molar-refractivity contribution >= 4 is 17.2 Å². The van der Waals surface area contributed by atoms with Gasteiger partial charge in [0.05, 0.1) is 18.5 Å². The van der Waals surface area contributed by atoms with Gasteiger partial charge < -0.3 is 10.4 Å². The number of nitrogens with one attached hydrogen (secondary N) is 1. The molecule has 20 heavy (non-hydrogen) atoms. The third kappa shape index (κ3) is 3.64. The van der Waals surface area contributed by atoms with Crippen molar-refractivity contribution in [2.24, 2.45) is 7.05 Å². The van der Waals surface area contributed by atoms with E-state index in [9.17, 15) is 9.90 Å². The van der Waals surface area contributed by atoms with Gasteiger partial charge in [0.2, 0.25) is 0 Å². The normalized spacial score (nSPS) is 12.3. The second-order valence-corrected chi connectivity index (χ2v) is 5.57. The molecule has 0 saturated carbocycles. The van der Waals surface area contributed by atoms with Gasteiger partial charge in [0, 0.05) is 25.4 Å². The molecule has 0 aliphatic rings. The summed E-state index contributed by atoms with van der Waals surface area (Å²) in [5, 5.41) is 17.1. The number of aliphatic hydroxyl groups is 1. The molecular formula is C13H18N4O2S. The zero-order valence-electron chi connectivity index (χ0n) is 11.5. The standard InChI is InChI=1S/C13H18N4O2S/c1-3-10(18)4-5-14-12(19)11-7-15-13(20-11)9-6-16-17(2)8-9/h6-8,10,18H,3-5H2,1-2H3,(H,14,19). The van der Waals surface area contributed by atoms with Crippen LogP contribution in [-0.4, -0.2) is 38.4 Å². The van der Waals surface area contributed by atoms with E-state index < -0.39 is 0 Å². The third-order valence-electron chi connectivity index (χ3n) is 2.92. The maximum Gasteiger partial charge on any atom is 0.263 e. The monoisotopic (exact) mass is 294 g/mol. The number of hydrogen-bond donors (Lipinski definition) is 2. The summed E-state index contributed by atoms with van der Waals surface area (Å²) in [6, 6.07) is 0. The fourth-order valence-electron chi connectivity index (χ4n) is 1.69. The molecule has 2 heterocycles. The molecule has 2 N–H and O–H groups in total. The molecule has 0 radical (unpaired) electrons. The number of carbonyl (C=O) groups excluding carboxylic acids is 1. The van der Waals surface area contributed by atoms with Crippen molar-refractivity contribution in [3.63, 3.8) is 0 Å². The largest absolute Gasteiger partial charge is 0.393 e. The van der Waals surface area contributed by atoms with Crippen LogP contribution in [0.15, 0.2) is 18.6 Å². The molecule has 1 amide bonds. The Morgan fingerprint density at radius 2 is 2.35 bits per heavy atom. The summed E-state index contributed by atoms with van der Waals surface area (Å²) in [5.74, 6) is -0.152. The van der Waals surface area contributed by atoms with Gasteiger partial charge in [-0.05, 0) is 12.8 Å². The number of aliphatic hydroxyl groups excluding tert-OH is 1. The van der Waals surface area contributed by atoms with E-state index in [2.05, 4.69) is 15.4 Å². The van der Waals surface area contributed by atoms with Gasteiger partial charge in [-0.2, -0.15) is 5.10 Å². The summed E-state index contributed by atoms with van der Waals surface area (Å²) in [5.41, 5.74) is 0.901. The lowest BCUT2D eigenvalue weighted by atomic mass is 10.2. The van der Waals surface area contributed by atoms with Crippen LogP contribution in [0.5, 0.6) is 0 Å². The highest BCUT2D eigenvalue weighted by atomic mass is 32.1. The molecule has 0 aliphatic heterocycles. The van der Waals surface area contributed by atoms with Crippen molar-refractivity contribution in [3.8, 4) is 10.6 Å². The number of hydrogen-bond acceptors (Lipinski definition) is 5. The van der Waals surface area contributed by atoms with Crippen molar-refractivity contribution < 1.29 is 9.90 Å². The van der Waals surface area contributed by atoms with Crippen LogP contribution < -0.4 is 5.32 Å². The van der Waals surface area contributed by atoms with Crippen LogP contribution in [0.25, 0.3) is 10.6 Å². The van der Waals surface area contributed by atoms with Crippen LogP contribution in [0.2, 0.25) is 0 Å². The highest BCUT2D eigenvalue weighted by molar-refractivity contribution is 7.16. The number of carbonyl (C=O) groups is 1. The minimum Gasteiger partial charge on any atom is -0.393 e. The van der Waals surface area contributed by atoms with Crippen LogP contribution in [0.3, 0.4) is 0 Å². The molecule has 2 rings (SSSR count). The summed E-state index contributed by atoms with van der Waals surface area (Å²) >= 11 is 1.33. The van der Waals surface area contributed by atoms with Gasteiger partial charge in [0.1, 0.15) is 9.88 Å². The molecule has 6 nitrogen and oxygen atoms in total. The van der Waals surface area contributed by atoms with E-state index >= 15 is 0 Å². The lowest BCUT2D eigenvalue weighted by molar-refractivity contribution is 0.0946. The van der Waals surface area contributed by atoms with Crippen molar-refractivity contribution in [2.75, 3.05) is 6.54 Å². The first kappa shape index (κ1) is 14.7. The third-order valence-corrected chi connectivity index (χ3v) is 3.96. The van der Waals surface area contributed by atoms with Gasteiger partial charge >= 0.3 is 0 Å². The van der Waals surface area contributed by atoms with Gasteiger partial charge in [-0.25, -0.2) is 4.98 Å². The number of amides is 1. The molecule has 0 aromatic carbocycles. The van der Waals surface area contributed by atoms with Crippen LogP contribution >= 0.6 is 11.3 Å². The van der Waals surface area contributed by atoms with E-state index in [1.165, 1.54) is 11.3 Å². The molecule has 2 aromatic rings. The SMILES string of the molecule is CCC(O)CCNC(=O)c1cnc(-c2cnn(C)c2)s1. The van der Waals surface area contributed by atoms with E-state index in [4.69, 9.17) is 0 Å². The summed E-state index contributed by atoms with van der Waals surface area (Å²) < 4.78 is 1.70. The van der Waals surface area contributed by atoms with Gasteiger partial charge in [0.15, 0.2) is 0 Å². The summed E-state index contributed by atoms with van der Waals surface area (Å²) in [6.45, 7) is 2.38. The highest BCUT2D eigenvalue weighted by Crippen LogP contribution is 2.24. The molecule has 2 aromatic heterocycles. The Kier molecular flexibility index (Phi) is 4.86. The predicted octanol–water partition coefficient (Wildman–Crippen LogP) is 1.43. The van der Waals surface area contributed by atoms with Gasteiger partial charge in [-0.15, -0.1) is 11.3 Å². The van der Waals surface area contributed by atoms with Crippen LogP contribution in [0, 0.1) is 0 Å². The molecule has 1 unspecified atom stereocenters. The van der Waals surface area contributed by atoms with Crippen molar-refractivity contribution in [1.29, 1.82) is 0 Å². The minimum atomic E-state index is -0.359. The topological polar surface area (TPSA) is 80.0 Å². The molecule has 1 atom stereocenters. The maximum atomic E-state index is 11.9. The molecule has 0 fully saturated rings. The average Bonchev–Trinajstić information content (AvgIpc) is 3.06. The van der Waals surface area contributed by atoms with E-state index in [-0.39, 0.29) is 12.0 Å². The zero-order valence-corrected chi connectivity index (χ0v) is 12.4. The second-order valence-electron chi connectivity index (χ2n) is 4.54. The van der Waals surface area contributed by atoms with E-state index in [0.717, 1.165) is 10.6 Å². The summed E-state index contributed by atoms with van der Waals surface area (Å²) in [6.07, 6.45) is 6.05. The molecule has 0 saturated heterocycles. The van der Waals surface area contributed by atoms with Gasteiger partial charge in [-0.3, -0.25) is 9.48 Å². The number of nitrogens with zero attached hydrogens (tertiary/aromatic N) is 3. The Balaban J connectivity index is 1.93. The smallest absolute Gasteiger partial charge is 0.263 e. The fraction of sp³-hybridized carbons (Fsp3) is 0.462. The maximum absolute atomic E-state index is 11.9. The molecule has 0 spiro atoms. The molecule has 0 bridgehead atoms. The number of rotatable bonds is 6. The lowest BCUT2D eigenvalue weighted by Gasteiger charge is -2.07. The fourth-order valence-corrected chi connectivity index (χ4v) is 2.50. The second kappa shape index (κ2) is 6.62. The first-order chi connectivity index (χ1) is 9.60. The highest BCUT2D eigenvalue weighted by Gasteiger charge is 2.12. The molecule has 108 valence electrons. The zero-order chi connectivity index (χ0) is 14.5.